The van der Waals surface area contributed by atoms with E-state index in [2.05, 4.69) is 59.8 Å². The van der Waals surface area contributed by atoms with Gasteiger partial charge in [0.15, 0.2) is 0 Å². The summed E-state index contributed by atoms with van der Waals surface area (Å²) in [6, 6.07) is 4.60. The van der Waals surface area contributed by atoms with Gasteiger partial charge in [-0.1, -0.05) is 70.2 Å². The summed E-state index contributed by atoms with van der Waals surface area (Å²) in [4.78, 5) is 0. The van der Waals surface area contributed by atoms with Gasteiger partial charge in [-0.15, -0.1) is 0 Å². The molecule has 0 amide bonds. The Kier molecular flexibility index (Phi) is 7.78. The second-order valence-electron chi connectivity index (χ2n) is 6.49. The molecular weight excluding hydrogens is 252 g/mol. The molecule has 0 atom stereocenters. The molecule has 0 aromatic heterocycles. The molecule has 0 spiro atoms. The lowest BCUT2D eigenvalue weighted by Crippen LogP contribution is -1.94. The molecule has 1 aliphatic carbocycles. The highest BCUT2D eigenvalue weighted by atomic mass is 14.2. The Morgan fingerprint density at radius 3 is 2.19 bits per heavy atom. The molecule has 1 aliphatic rings. The molecule has 0 aliphatic heterocycles. The molecule has 118 valence electrons. The maximum absolute atomic E-state index is 2.38. The van der Waals surface area contributed by atoms with Crippen LogP contribution in [0.4, 0.5) is 0 Å². The highest BCUT2D eigenvalue weighted by Crippen LogP contribution is 2.31. The van der Waals surface area contributed by atoms with Crippen LogP contribution >= 0.6 is 0 Å². The van der Waals surface area contributed by atoms with E-state index in [0.29, 0.717) is 0 Å². The van der Waals surface area contributed by atoms with Gasteiger partial charge in [0.2, 0.25) is 0 Å². The van der Waals surface area contributed by atoms with Gasteiger partial charge in [-0.3, -0.25) is 0 Å². The lowest BCUT2D eigenvalue weighted by atomic mass is 9.92. The molecule has 1 aromatic rings. The SMILES string of the molecule is CC/C=C(\CCC)c1cc(C)cc(C)c1C.CCC1CC1. The van der Waals surface area contributed by atoms with Gasteiger partial charge in [0, 0.05) is 0 Å². The third-order valence-corrected chi connectivity index (χ3v) is 4.40. The van der Waals surface area contributed by atoms with Crippen LogP contribution < -0.4 is 0 Å². The zero-order valence-electron chi connectivity index (χ0n) is 15.1. The zero-order chi connectivity index (χ0) is 15.8. The summed E-state index contributed by atoms with van der Waals surface area (Å²) in [5.41, 5.74) is 7.21. The second-order valence-corrected chi connectivity index (χ2v) is 6.49. The third-order valence-electron chi connectivity index (χ3n) is 4.40. The maximum atomic E-state index is 2.38. The summed E-state index contributed by atoms with van der Waals surface area (Å²) in [6.07, 6.45) is 10.4. The van der Waals surface area contributed by atoms with E-state index in [1.54, 1.807) is 0 Å². The molecule has 1 fully saturated rings. The normalized spacial score (nSPS) is 14.7. The molecule has 1 aromatic carbocycles. The van der Waals surface area contributed by atoms with Crippen molar-refractivity contribution in [2.75, 3.05) is 0 Å². The zero-order valence-corrected chi connectivity index (χ0v) is 15.1. The van der Waals surface area contributed by atoms with Crippen molar-refractivity contribution in [2.45, 2.75) is 80.1 Å². The van der Waals surface area contributed by atoms with Gasteiger partial charge in [0.05, 0.1) is 0 Å². The molecule has 0 heterocycles. The van der Waals surface area contributed by atoms with Crippen molar-refractivity contribution in [3.05, 3.63) is 40.5 Å². The van der Waals surface area contributed by atoms with Crippen LogP contribution in [0.25, 0.3) is 5.57 Å². The van der Waals surface area contributed by atoms with Crippen LogP contribution in [0.15, 0.2) is 18.2 Å². The monoisotopic (exact) mass is 286 g/mol. The summed E-state index contributed by atoms with van der Waals surface area (Å²) >= 11 is 0. The van der Waals surface area contributed by atoms with Crippen molar-refractivity contribution < 1.29 is 0 Å². The lowest BCUT2D eigenvalue weighted by molar-refractivity contribution is 0.799. The van der Waals surface area contributed by atoms with E-state index in [0.717, 1.165) is 12.3 Å². The van der Waals surface area contributed by atoms with E-state index >= 15 is 0 Å². The molecular formula is C21H34. The fraction of sp³-hybridized carbons (Fsp3) is 0.619. The summed E-state index contributed by atoms with van der Waals surface area (Å²) in [6.45, 7) is 13.4. The van der Waals surface area contributed by atoms with Crippen LogP contribution in [0.5, 0.6) is 0 Å². The van der Waals surface area contributed by atoms with Crippen LogP contribution in [0, 0.1) is 26.7 Å². The Labute approximate surface area is 132 Å². The number of rotatable bonds is 5. The first kappa shape index (κ1) is 18.0. The number of hydrogen-bond acceptors (Lipinski definition) is 0. The average Bonchev–Trinajstić information content (AvgIpc) is 3.27. The predicted octanol–water partition coefficient (Wildman–Crippen LogP) is 7.01. The smallest absolute Gasteiger partial charge is 0.0193 e. The first-order valence-corrected chi connectivity index (χ1v) is 8.80. The fourth-order valence-electron chi connectivity index (χ4n) is 2.76. The summed E-state index contributed by atoms with van der Waals surface area (Å²) < 4.78 is 0. The molecule has 0 unspecified atom stereocenters. The average molecular weight is 287 g/mol. The molecule has 0 nitrogen and oxygen atoms in total. The molecule has 0 bridgehead atoms. The van der Waals surface area contributed by atoms with E-state index in [1.165, 1.54) is 59.9 Å². The highest BCUT2D eigenvalue weighted by molar-refractivity contribution is 5.69. The van der Waals surface area contributed by atoms with Crippen LogP contribution in [-0.4, -0.2) is 0 Å². The quantitative estimate of drug-likeness (QED) is 0.546. The van der Waals surface area contributed by atoms with Crippen molar-refractivity contribution in [1.82, 2.24) is 0 Å². The maximum Gasteiger partial charge on any atom is -0.0193 e. The van der Waals surface area contributed by atoms with Crippen LogP contribution in [0.2, 0.25) is 0 Å². The number of aryl methyl sites for hydroxylation is 2. The minimum absolute atomic E-state index is 1.13. The van der Waals surface area contributed by atoms with E-state index in [1.807, 2.05) is 0 Å². The van der Waals surface area contributed by atoms with Crippen molar-refractivity contribution in [1.29, 1.82) is 0 Å². The summed E-state index contributed by atoms with van der Waals surface area (Å²) in [7, 11) is 0. The molecule has 21 heavy (non-hydrogen) atoms. The highest BCUT2D eigenvalue weighted by Gasteiger charge is 2.17. The van der Waals surface area contributed by atoms with Gasteiger partial charge >= 0.3 is 0 Å². The molecule has 2 rings (SSSR count). The second kappa shape index (κ2) is 9.07. The van der Waals surface area contributed by atoms with Crippen molar-refractivity contribution in [3.8, 4) is 0 Å². The van der Waals surface area contributed by atoms with Crippen LogP contribution in [0.1, 0.15) is 81.5 Å². The Morgan fingerprint density at radius 2 is 1.76 bits per heavy atom. The van der Waals surface area contributed by atoms with E-state index in [4.69, 9.17) is 0 Å². The lowest BCUT2D eigenvalue weighted by Gasteiger charge is -2.14. The number of hydrogen-bond donors (Lipinski definition) is 0. The Balaban J connectivity index is 0.000000369. The first-order valence-electron chi connectivity index (χ1n) is 8.80. The molecule has 1 saturated carbocycles. The summed E-state index contributed by atoms with van der Waals surface area (Å²) in [5, 5.41) is 0. The molecule has 0 radical (unpaired) electrons. The molecule has 0 saturated heterocycles. The molecule has 0 N–H and O–H groups in total. The standard InChI is InChI=1S/C16H24.C5H10/c1-6-8-15(9-7-2)16-11-12(3)10-13(4)14(16)5;1-2-5-3-4-5/h8,10-11H,6-7,9H2,1-5H3;5H,2-4H2,1H3/b15-8+;. The largest absolute Gasteiger partial charge is 0.0810 e. The van der Waals surface area contributed by atoms with Crippen molar-refractivity contribution in [3.63, 3.8) is 0 Å². The molecule has 0 heteroatoms. The van der Waals surface area contributed by atoms with Crippen molar-refractivity contribution >= 4 is 5.57 Å². The Hall–Kier alpha value is -1.04. The fourth-order valence-corrected chi connectivity index (χ4v) is 2.76. The summed E-state index contributed by atoms with van der Waals surface area (Å²) in [5.74, 6) is 1.13. The minimum Gasteiger partial charge on any atom is -0.0810 e. The predicted molar refractivity (Wildman–Crippen MR) is 96.8 cm³/mol. The van der Waals surface area contributed by atoms with Gasteiger partial charge in [0.25, 0.3) is 0 Å². The van der Waals surface area contributed by atoms with E-state index in [9.17, 15) is 0 Å². The Bertz CT molecular complexity index is 461. The van der Waals surface area contributed by atoms with E-state index in [-0.39, 0.29) is 0 Å². The van der Waals surface area contributed by atoms with Gasteiger partial charge < -0.3 is 0 Å². The van der Waals surface area contributed by atoms with Crippen molar-refractivity contribution in [2.24, 2.45) is 5.92 Å². The van der Waals surface area contributed by atoms with Gasteiger partial charge in [-0.05, 0) is 61.8 Å². The third kappa shape index (κ3) is 6.08. The van der Waals surface area contributed by atoms with E-state index < -0.39 is 0 Å². The number of allylic oxidation sites excluding steroid dienone is 2. The van der Waals surface area contributed by atoms with Gasteiger partial charge in [0.1, 0.15) is 0 Å². The van der Waals surface area contributed by atoms with Gasteiger partial charge in [-0.25, -0.2) is 0 Å². The number of benzene rings is 1. The van der Waals surface area contributed by atoms with Crippen LogP contribution in [0.3, 0.4) is 0 Å². The Morgan fingerprint density at radius 1 is 1.10 bits per heavy atom. The van der Waals surface area contributed by atoms with Gasteiger partial charge in [-0.2, -0.15) is 0 Å². The first-order chi connectivity index (χ1) is 10.0. The minimum atomic E-state index is 1.13. The topological polar surface area (TPSA) is 0 Å². The van der Waals surface area contributed by atoms with Crippen LogP contribution in [-0.2, 0) is 0 Å².